The second kappa shape index (κ2) is 6.09. The molecule has 2 N–H and O–H groups in total. The predicted molar refractivity (Wildman–Crippen MR) is 84.3 cm³/mol. The van der Waals surface area contributed by atoms with E-state index in [-0.39, 0.29) is 5.60 Å². The van der Waals surface area contributed by atoms with Gasteiger partial charge in [0.15, 0.2) is 0 Å². The molecule has 4 heteroatoms. The molecule has 0 radical (unpaired) electrons. The third-order valence-electron chi connectivity index (χ3n) is 5.40. The Balaban J connectivity index is 1.90. The SMILES string of the molecule is CCc1nn(C2CCOC3(CCCC3)C2)c(CC)c1CN. The zero-order chi connectivity index (χ0) is 14.9. The van der Waals surface area contributed by atoms with Crippen molar-refractivity contribution in [3.63, 3.8) is 0 Å². The molecule has 1 spiro atoms. The van der Waals surface area contributed by atoms with E-state index in [1.165, 1.54) is 42.6 Å². The van der Waals surface area contributed by atoms with Gasteiger partial charge in [-0.25, -0.2) is 0 Å². The highest BCUT2D eigenvalue weighted by molar-refractivity contribution is 5.27. The standard InChI is InChI=1S/C17H29N3O/c1-3-15-14(12-18)16(4-2)20(19-15)13-7-10-21-17(11-13)8-5-6-9-17/h13H,3-12,18H2,1-2H3. The van der Waals surface area contributed by atoms with Crippen molar-refractivity contribution in [3.8, 4) is 0 Å². The number of nitrogens with two attached hydrogens (primary N) is 1. The lowest BCUT2D eigenvalue weighted by Crippen LogP contribution is -2.38. The molecule has 2 fully saturated rings. The van der Waals surface area contributed by atoms with E-state index < -0.39 is 0 Å². The zero-order valence-electron chi connectivity index (χ0n) is 13.5. The van der Waals surface area contributed by atoms with Crippen LogP contribution in [0.3, 0.4) is 0 Å². The lowest BCUT2D eigenvalue weighted by Gasteiger charge is -2.38. The molecule has 3 rings (SSSR count). The van der Waals surface area contributed by atoms with Crippen molar-refractivity contribution in [1.29, 1.82) is 0 Å². The highest BCUT2D eigenvalue weighted by Gasteiger charge is 2.41. The molecular formula is C17H29N3O. The fraction of sp³-hybridized carbons (Fsp3) is 0.824. The lowest BCUT2D eigenvalue weighted by atomic mass is 9.89. The Bertz CT molecular complexity index is 488. The Morgan fingerprint density at radius 3 is 2.67 bits per heavy atom. The molecule has 1 aromatic heterocycles. The van der Waals surface area contributed by atoms with Gasteiger partial charge in [0.25, 0.3) is 0 Å². The predicted octanol–water partition coefficient (Wildman–Crippen LogP) is 3.13. The average molecular weight is 291 g/mol. The molecular weight excluding hydrogens is 262 g/mol. The fourth-order valence-electron chi connectivity index (χ4n) is 4.33. The summed E-state index contributed by atoms with van der Waals surface area (Å²) in [5, 5.41) is 4.93. The van der Waals surface area contributed by atoms with E-state index in [9.17, 15) is 0 Å². The molecule has 0 bridgehead atoms. The van der Waals surface area contributed by atoms with Gasteiger partial charge < -0.3 is 10.5 Å². The van der Waals surface area contributed by atoms with Gasteiger partial charge in [0.05, 0.1) is 17.3 Å². The largest absolute Gasteiger partial charge is 0.375 e. The summed E-state index contributed by atoms with van der Waals surface area (Å²) in [4.78, 5) is 0. The number of hydrogen-bond acceptors (Lipinski definition) is 3. The van der Waals surface area contributed by atoms with E-state index in [0.29, 0.717) is 12.6 Å². The van der Waals surface area contributed by atoms with Crippen LogP contribution in [0, 0.1) is 0 Å². The molecule has 4 nitrogen and oxygen atoms in total. The van der Waals surface area contributed by atoms with Crippen LogP contribution in [0.25, 0.3) is 0 Å². The van der Waals surface area contributed by atoms with Gasteiger partial charge in [-0.1, -0.05) is 26.7 Å². The van der Waals surface area contributed by atoms with Crippen molar-refractivity contribution in [2.45, 2.75) is 83.4 Å². The van der Waals surface area contributed by atoms with Crippen LogP contribution in [0.2, 0.25) is 0 Å². The monoisotopic (exact) mass is 291 g/mol. The summed E-state index contributed by atoms with van der Waals surface area (Å²) in [5.74, 6) is 0. The van der Waals surface area contributed by atoms with Crippen molar-refractivity contribution in [2.75, 3.05) is 6.61 Å². The number of aryl methyl sites for hydroxylation is 1. The van der Waals surface area contributed by atoms with Gasteiger partial charge in [0.1, 0.15) is 0 Å². The molecule has 1 aromatic rings. The minimum absolute atomic E-state index is 0.148. The van der Waals surface area contributed by atoms with Crippen LogP contribution in [0.15, 0.2) is 0 Å². The summed E-state index contributed by atoms with van der Waals surface area (Å²) < 4.78 is 8.48. The number of nitrogens with zero attached hydrogens (tertiary/aromatic N) is 2. The van der Waals surface area contributed by atoms with Gasteiger partial charge in [-0.05, 0) is 38.5 Å². The summed E-state index contributed by atoms with van der Waals surface area (Å²) in [6, 6.07) is 0.498. The van der Waals surface area contributed by atoms with Crippen molar-refractivity contribution in [2.24, 2.45) is 5.73 Å². The van der Waals surface area contributed by atoms with E-state index in [0.717, 1.165) is 32.3 Å². The van der Waals surface area contributed by atoms with E-state index in [1.54, 1.807) is 0 Å². The first-order valence-corrected chi connectivity index (χ1v) is 8.66. The molecule has 0 amide bonds. The average Bonchev–Trinajstić information content (AvgIpc) is 3.10. The van der Waals surface area contributed by atoms with Gasteiger partial charge in [0.2, 0.25) is 0 Å². The normalized spacial score (nSPS) is 24.8. The maximum atomic E-state index is 6.18. The number of rotatable bonds is 4. The maximum absolute atomic E-state index is 6.18. The maximum Gasteiger partial charge on any atom is 0.0703 e. The quantitative estimate of drug-likeness (QED) is 0.927. The summed E-state index contributed by atoms with van der Waals surface area (Å²) >= 11 is 0. The number of hydrogen-bond donors (Lipinski definition) is 1. The first-order chi connectivity index (χ1) is 10.2. The molecule has 2 aliphatic rings. The summed E-state index contributed by atoms with van der Waals surface area (Å²) in [6.45, 7) is 5.89. The molecule has 1 atom stereocenters. The lowest BCUT2D eigenvalue weighted by molar-refractivity contribution is -0.0913. The number of ether oxygens (including phenoxy) is 1. The highest BCUT2D eigenvalue weighted by Crippen LogP contribution is 2.44. The topological polar surface area (TPSA) is 53.1 Å². The Hall–Kier alpha value is -0.870. The van der Waals surface area contributed by atoms with Crippen LogP contribution >= 0.6 is 0 Å². The smallest absolute Gasteiger partial charge is 0.0703 e. The molecule has 118 valence electrons. The third-order valence-corrected chi connectivity index (χ3v) is 5.40. The van der Waals surface area contributed by atoms with E-state index in [2.05, 4.69) is 18.5 Å². The van der Waals surface area contributed by atoms with Gasteiger partial charge in [0, 0.05) is 24.4 Å². The van der Waals surface area contributed by atoms with Crippen LogP contribution < -0.4 is 5.73 Å². The van der Waals surface area contributed by atoms with Crippen LogP contribution in [0.1, 0.15) is 75.4 Å². The van der Waals surface area contributed by atoms with Crippen LogP contribution in [0.5, 0.6) is 0 Å². The first-order valence-electron chi connectivity index (χ1n) is 8.66. The van der Waals surface area contributed by atoms with E-state index in [4.69, 9.17) is 15.6 Å². The minimum Gasteiger partial charge on any atom is -0.375 e. The molecule has 0 aromatic carbocycles. The molecule has 2 heterocycles. The summed E-state index contributed by atoms with van der Waals surface area (Å²) in [5.41, 5.74) is 9.97. The van der Waals surface area contributed by atoms with Crippen LogP contribution in [-0.2, 0) is 24.1 Å². The Labute approximate surface area is 128 Å². The summed E-state index contributed by atoms with van der Waals surface area (Å²) in [6.07, 6.45) is 9.32. The van der Waals surface area contributed by atoms with Gasteiger partial charge >= 0.3 is 0 Å². The molecule has 1 saturated carbocycles. The Morgan fingerprint density at radius 1 is 1.29 bits per heavy atom. The molecule has 1 saturated heterocycles. The number of aromatic nitrogens is 2. The van der Waals surface area contributed by atoms with Gasteiger partial charge in [-0.15, -0.1) is 0 Å². The van der Waals surface area contributed by atoms with Crippen LogP contribution in [-0.4, -0.2) is 22.0 Å². The summed E-state index contributed by atoms with van der Waals surface area (Å²) in [7, 11) is 0. The van der Waals surface area contributed by atoms with E-state index >= 15 is 0 Å². The van der Waals surface area contributed by atoms with Crippen molar-refractivity contribution in [1.82, 2.24) is 9.78 Å². The second-order valence-electron chi connectivity index (χ2n) is 6.61. The fourth-order valence-corrected chi connectivity index (χ4v) is 4.33. The molecule has 1 aliphatic carbocycles. The highest BCUT2D eigenvalue weighted by atomic mass is 16.5. The third kappa shape index (κ3) is 2.64. The van der Waals surface area contributed by atoms with Crippen molar-refractivity contribution < 1.29 is 4.74 Å². The zero-order valence-corrected chi connectivity index (χ0v) is 13.5. The molecule has 1 unspecified atom stereocenters. The van der Waals surface area contributed by atoms with Gasteiger partial charge in [-0.3, -0.25) is 4.68 Å². The van der Waals surface area contributed by atoms with E-state index in [1.807, 2.05) is 0 Å². The Kier molecular flexibility index (Phi) is 4.36. The van der Waals surface area contributed by atoms with Crippen molar-refractivity contribution >= 4 is 0 Å². The second-order valence-corrected chi connectivity index (χ2v) is 6.61. The minimum atomic E-state index is 0.148. The Morgan fingerprint density at radius 2 is 2.05 bits per heavy atom. The van der Waals surface area contributed by atoms with Gasteiger partial charge in [-0.2, -0.15) is 5.10 Å². The molecule has 1 aliphatic heterocycles. The first kappa shape index (κ1) is 15.0. The van der Waals surface area contributed by atoms with Crippen molar-refractivity contribution in [3.05, 3.63) is 17.0 Å². The van der Waals surface area contributed by atoms with Crippen LogP contribution in [0.4, 0.5) is 0 Å². The molecule has 21 heavy (non-hydrogen) atoms.